The van der Waals surface area contributed by atoms with Crippen LogP contribution in [0.5, 0.6) is 0 Å². The molecule has 0 radical (unpaired) electrons. The highest BCUT2D eigenvalue weighted by Gasteiger charge is 2.52. The number of likely N-dealkylation sites (tertiary alicyclic amines) is 1. The van der Waals surface area contributed by atoms with Gasteiger partial charge in [0.05, 0.1) is 19.6 Å². The number of hydrogen-bond donors (Lipinski definition) is 1. The summed E-state index contributed by atoms with van der Waals surface area (Å²) in [5, 5.41) is 2.61. The van der Waals surface area contributed by atoms with Gasteiger partial charge in [-0.1, -0.05) is 25.1 Å². The van der Waals surface area contributed by atoms with Gasteiger partial charge in [0, 0.05) is 5.92 Å². The number of aryl methyl sites for hydroxylation is 1. The molecular weight excluding hydrogens is 287 g/mol. The lowest BCUT2D eigenvalue weighted by atomic mass is 9.91. The Hall–Kier alpha value is -2.11. The van der Waals surface area contributed by atoms with Crippen molar-refractivity contribution in [2.24, 2.45) is 5.92 Å². The van der Waals surface area contributed by atoms with Crippen LogP contribution in [0.3, 0.4) is 0 Å². The standard InChI is InChI=1S/C16H19FN2O3/c1-11(6-7-12-4-2-3-5-13(12)17)14(20)19-9-16(10-19)8-18-15(21)22-16/h2-5,11H,6-10H2,1H3,(H,18,21). The largest absolute Gasteiger partial charge is 0.437 e. The van der Waals surface area contributed by atoms with E-state index in [1.54, 1.807) is 23.1 Å². The quantitative estimate of drug-likeness (QED) is 0.921. The van der Waals surface area contributed by atoms with Crippen molar-refractivity contribution < 1.29 is 18.7 Å². The molecule has 1 N–H and O–H groups in total. The van der Waals surface area contributed by atoms with Gasteiger partial charge < -0.3 is 15.0 Å². The predicted molar refractivity (Wildman–Crippen MR) is 77.7 cm³/mol. The molecule has 22 heavy (non-hydrogen) atoms. The predicted octanol–water partition coefficient (Wildman–Crippen LogP) is 1.72. The van der Waals surface area contributed by atoms with Crippen molar-refractivity contribution in [1.82, 2.24) is 10.2 Å². The van der Waals surface area contributed by atoms with Crippen molar-refractivity contribution in [1.29, 1.82) is 0 Å². The summed E-state index contributed by atoms with van der Waals surface area (Å²) in [4.78, 5) is 25.1. The molecule has 5 nitrogen and oxygen atoms in total. The van der Waals surface area contributed by atoms with Gasteiger partial charge in [-0.25, -0.2) is 9.18 Å². The lowest BCUT2D eigenvalue weighted by molar-refractivity contribution is -0.153. The van der Waals surface area contributed by atoms with Gasteiger partial charge in [0.2, 0.25) is 5.91 Å². The van der Waals surface area contributed by atoms with E-state index >= 15 is 0 Å². The Bertz CT molecular complexity index is 599. The molecule has 1 aromatic rings. The third kappa shape index (κ3) is 2.77. The zero-order chi connectivity index (χ0) is 15.7. The van der Waals surface area contributed by atoms with Gasteiger partial charge in [-0.15, -0.1) is 0 Å². The second kappa shape index (κ2) is 5.59. The minimum absolute atomic E-state index is 0.0323. The number of amides is 2. The maximum Gasteiger partial charge on any atom is 0.408 e. The van der Waals surface area contributed by atoms with E-state index in [9.17, 15) is 14.0 Å². The minimum Gasteiger partial charge on any atom is -0.437 e. The van der Waals surface area contributed by atoms with Gasteiger partial charge in [-0.05, 0) is 24.5 Å². The van der Waals surface area contributed by atoms with Crippen LogP contribution in [0.15, 0.2) is 24.3 Å². The van der Waals surface area contributed by atoms with Crippen LogP contribution >= 0.6 is 0 Å². The molecule has 2 saturated heterocycles. The van der Waals surface area contributed by atoms with Crippen molar-refractivity contribution in [3.63, 3.8) is 0 Å². The summed E-state index contributed by atoms with van der Waals surface area (Å²) in [7, 11) is 0. The molecule has 2 aliphatic heterocycles. The normalized spacial score (nSPS) is 20.3. The van der Waals surface area contributed by atoms with Crippen LogP contribution in [0.1, 0.15) is 18.9 Å². The van der Waals surface area contributed by atoms with Crippen molar-refractivity contribution in [3.05, 3.63) is 35.6 Å². The summed E-state index contributed by atoms with van der Waals surface area (Å²) in [5.74, 6) is -0.374. The first-order valence-corrected chi connectivity index (χ1v) is 7.48. The Morgan fingerprint density at radius 1 is 1.45 bits per heavy atom. The molecule has 1 atom stereocenters. The van der Waals surface area contributed by atoms with Crippen molar-refractivity contribution in [2.75, 3.05) is 19.6 Å². The van der Waals surface area contributed by atoms with E-state index in [2.05, 4.69) is 5.32 Å². The fourth-order valence-electron chi connectivity index (χ4n) is 2.99. The Morgan fingerprint density at radius 2 is 2.18 bits per heavy atom. The molecule has 3 rings (SSSR count). The molecular formula is C16H19FN2O3. The van der Waals surface area contributed by atoms with E-state index in [-0.39, 0.29) is 17.6 Å². The molecule has 2 fully saturated rings. The van der Waals surface area contributed by atoms with Crippen molar-refractivity contribution >= 4 is 12.0 Å². The number of hydrogen-bond acceptors (Lipinski definition) is 3. The third-order valence-electron chi connectivity index (χ3n) is 4.36. The van der Waals surface area contributed by atoms with E-state index in [4.69, 9.17) is 4.74 Å². The lowest BCUT2D eigenvalue weighted by Crippen LogP contribution is -2.66. The summed E-state index contributed by atoms with van der Waals surface area (Å²) in [6.07, 6.45) is 0.718. The van der Waals surface area contributed by atoms with Crippen molar-refractivity contribution in [2.45, 2.75) is 25.4 Å². The highest BCUT2D eigenvalue weighted by molar-refractivity contribution is 5.80. The van der Waals surface area contributed by atoms with Crippen molar-refractivity contribution in [3.8, 4) is 0 Å². The molecule has 1 spiro atoms. The molecule has 1 unspecified atom stereocenters. The van der Waals surface area contributed by atoms with Gasteiger partial charge in [0.25, 0.3) is 0 Å². The van der Waals surface area contributed by atoms with Crippen LogP contribution in [0.2, 0.25) is 0 Å². The van der Waals surface area contributed by atoms with Crippen LogP contribution in [0.25, 0.3) is 0 Å². The molecule has 2 amide bonds. The number of carbonyl (C=O) groups is 2. The number of ether oxygens (including phenoxy) is 1. The highest BCUT2D eigenvalue weighted by Crippen LogP contribution is 2.30. The highest BCUT2D eigenvalue weighted by atomic mass is 19.1. The van der Waals surface area contributed by atoms with Crippen LogP contribution < -0.4 is 5.32 Å². The van der Waals surface area contributed by atoms with Gasteiger partial charge >= 0.3 is 6.09 Å². The molecule has 1 aromatic carbocycles. The average Bonchev–Trinajstić information content (AvgIpc) is 2.86. The summed E-state index contributed by atoms with van der Waals surface area (Å²) < 4.78 is 18.8. The summed E-state index contributed by atoms with van der Waals surface area (Å²) in [6, 6.07) is 6.63. The Morgan fingerprint density at radius 3 is 2.82 bits per heavy atom. The summed E-state index contributed by atoms with van der Waals surface area (Å²) in [5.41, 5.74) is 0.106. The number of nitrogens with zero attached hydrogens (tertiary/aromatic N) is 1. The maximum atomic E-state index is 13.6. The minimum atomic E-state index is -0.530. The van der Waals surface area contributed by atoms with Gasteiger partial charge in [0.1, 0.15) is 5.82 Å². The van der Waals surface area contributed by atoms with Crippen LogP contribution in [0.4, 0.5) is 9.18 Å². The van der Waals surface area contributed by atoms with E-state index < -0.39 is 11.7 Å². The molecule has 0 aliphatic carbocycles. The molecule has 6 heteroatoms. The number of carbonyl (C=O) groups excluding carboxylic acids is 2. The van der Waals surface area contributed by atoms with Crippen LogP contribution in [-0.4, -0.2) is 42.1 Å². The zero-order valence-corrected chi connectivity index (χ0v) is 12.5. The molecule has 0 saturated carbocycles. The fraction of sp³-hybridized carbons (Fsp3) is 0.500. The number of benzene rings is 1. The fourth-order valence-corrected chi connectivity index (χ4v) is 2.99. The lowest BCUT2D eigenvalue weighted by Gasteiger charge is -2.46. The van der Waals surface area contributed by atoms with Gasteiger partial charge in [-0.3, -0.25) is 4.79 Å². The molecule has 2 aliphatic rings. The van der Waals surface area contributed by atoms with E-state index in [1.165, 1.54) is 6.07 Å². The SMILES string of the molecule is CC(CCc1ccccc1F)C(=O)N1CC2(CNC(=O)O2)C1. The van der Waals surface area contributed by atoms with Gasteiger partial charge in [0.15, 0.2) is 5.60 Å². The van der Waals surface area contributed by atoms with E-state index in [0.717, 1.165) is 0 Å². The van der Waals surface area contributed by atoms with E-state index in [0.29, 0.717) is 38.0 Å². The maximum absolute atomic E-state index is 13.6. The van der Waals surface area contributed by atoms with Crippen LogP contribution in [0, 0.1) is 11.7 Å². The first-order valence-electron chi connectivity index (χ1n) is 7.48. The number of halogens is 1. The Labute approximate surface area is 128 Å². The first kappa shape index (κ1) is 14.8. The van der Waals surface area contributed by atoms with E-state index in [1.807, 2.05) is 6.92 Å². The smallest absolute Gasteiger partial charge is 0.408 e. The third-order valence-corrected chi connectivity index (χ3v) is 4.36. The average molecular weight is 306 g/mol. The molecule has 0 aromatic heterocycles. The second-order valence-electron chi connectivity index (χ2n) is 6.15. The number of nitrogens with one attached hydrogen (secondary N) is 1. The zero-order valence-electron chi connectivity index (χ0n) is 12.5. The second-order valence-corrected chi connectivity index (χ2v) is 6.15. The monoisotopic (exact) mass is 306 g/mol. The Kier molecular flexibility index (Phi) is 3.76. The Balaban J connectivity index is 1.49. The molecule has 118 valence electrons. The summed E-state index contributed by atoms with van der Waals surface area (Å²) >= 11 is 0. The number of rotatable bonds is 4. The molecule has 0 bridgehead atoms. The molecule has 2 heterocycles. The topological polar surface area (TPSA) is 58.6 Å². The van der Waals surface area contributed by atoms with Crippen LogP contribution in [-0.2, 0) is 16.0 Å². The van der Waals surface area contributed by atoms with Gasteiger partial charge in [-0.2, -0.15) is 0 Å². The first-order chi connectivity index (χ1) is 10.5. The summed E-state index contributed by atoms with van der Waals surface area (Å²) in [6.45, 7) is 3.19. The number of alkyl carbamates (subject to hydrolysis) is 1.